The predicted octanol–water partition coefficient (Wildman–Crippen LogP) is 6.58. The number of benzene rings is 4. The number of rotatable bonds is 8. The SMILES string of the molecule is COC(=O)c1cccc(-c2nc(-c3ccc(C(c4cccc(O)c4)N4CC(C)N(Cc5ccccc5)CC4C)cc3)no2)c1. The Hall–Kier alpha value is -4.79. The number of hydrogen-bond donors (Lipinski definition) is 1. The number of methoxy groups -OCH3 is 1. The van der Waals surface area contributed by atoms with E-state index in [2.05, 4.69) is 82.3 Å². The maximum atomic E-state index is 12.0. The molecule has 1 N–H and O–H groups in total. The highest BCUT2D eigenvalue weighted by Gasteiger charge is 2.35. The van der Waals surface area contributed by atoms with Crippen molar-refractivity contribution in [2.24, 2.45) is 0 Å². The molecule has 1 aromatic heterocycles. The van der Waals surface area contributed by atoms with E-state index in [9.17, 15) is 9.90 Å². The maximum Gasteiger partial charge on any atom is 0.337 e. The molecule has 2 heterocycles. The van der Waals surface area contributed by atoms with E-state index >= 15 is 0 Å². The molecule has 224 valence electrons. The molecular formula is C36H36N4O4. The molecule has 1 aliphatic rings. The summed E-state index contributed by atoms with van der Waals surface area (Å²) in [4.78, 5) is 21.7. The largest absolute Gasteiger partial charge is 0.508 e. The maximum absolute atomic E-state index is 12.0. The fraction of sp³-hybridized carbons (Fsp3) is 0.250. The smallest absolute Gasteiger partial charge is 0.337 e. The zero-order chi connectivity index (χ0) is 30.6. The average molecular weight is 589 g/mol. The molecule has 0 saturated carbocycles. The molecule has 3 atom stereocenters. The van der Waals surface area contributed by atoms with E-state index < -0.39 is 5.97 Å². The second-order valence-corrected chi connectivity index (χ2v) is 11.4. The number of piperazine rings is 1. The first-order chi connectivity index (χ1) is 21.4. The molecule has 6 rings (SSSR count). The molecule has 0 spiro atoms. The van der Waals surface area contributed by atoms with E-state index in [1.165, 1.54) is 12.7 Å². The second-order valence-electron chi connectivity index (χ2n) is 11.4. The van der Waals surface area contributed by atoms with Gasteiger partial charge in [-0.1, -0.05) is 78.0 Å². The van der Waals surface area contributed by atoms with Crippen LogP contribution in [0.15, 0.2) is 108 Å². The molecule has 0 radical (unpaired) electrons. The van der Waals surface area contributed by atoms with Crippen molar-refractivity contribution in [1.29, 1.82) is 0 Å². The lowest BCUT2D eigenvalue weighted by Crippen LogP contribution is -2.56. The molecule has 1 fully saturated rings. The Kier molecular flexibility index (Phi) is 8.54. The summed E-state index contributed by atoms with van der Waals surface area (Å²) in [5.41, 5.74) is 5.35. The number of hydrogen-bond acceptors (Lipinski definition) is 8. The zero-order valence-electron chi connectivity index (χ0n) is 25.1. The van der Waals surface area contributed by atoms with Gasteiger partial charge in [0.15, 0.2) is 0 Å². The van der Waals surface area contributed by atoms with Gasteiger partial charge in [0.2, 0.25) is 5.82 Å². The molecule has 44 heavy (non-hydrogen) atoms. The minimum Gasteiger partial charge on any atom is -0.508 e. The van der Waals surface area contributed by atoms with Crippen LogP contribution in [0.2, 0.25) is 0 Å². The van der Waals surface area contributed by atoms with Gasteiger partial charge >= 0.3 is 5.97 Å². The van der Waals surface area contributed by atoms with Gasteiger partial charge in [-0.2, -0.15) is 4.98 Å². The molecule has 1 saturated heterocycles. The van der Waals surface area contributed by atoms with Gasteiger partial charge in [-0.25, -0.2) is 4.79 Å². The Bertz CT molecular complexity index is 1720. The highest BCUT2D eigenvalue weighted by Crippen LogP contribution is 2.36. The first-order valence-corrected chi connectivity index (χ1v) is 14.8. The zero-order valence-corrected chi connectivity index (χ0v) is 25.1. The van der Waals surface area contributed by atoms with Crippen molar-refractivity contribution in [3.8, 4) is 28.6 Å². The second kappa shape index (κ2) is 12.8. The molecule has 4 aromatic carbocycles. The topological polar surface area (TPSA) is 91.9 Å². The van der Waals surface area contributed by atoms with E-state index in [1.54, 1.807) is 24.3 Å². The number of carbonyl (C=O) groups is 1. The van der Waals surface area contributed by atoms with Gasteiger partial charge < -0.3 is 14.4 Å². The number of phenolic OH excluding ortho intramolecular Hbond substituents is 1. The summed E-state index contributed by atoms with van der Waals surface area (Å²) >= 11 is 0. The number of ether oxygens (including phenoxy) is 1. The van der Waals surface area contributed by atoms with Crippen LogP contribution in [0.1, 0.15) is 46.9 Å². The lowest BCUT2D eigenvalue weighted by molar-refractivity contribution is 0.0195. The van der Waals surface area contributed by atoms with Crippen LogP contribution in [0.25, 0.3) is 22.8 Å². The van der Waals surface area contributed by atoms with Crippen LogP contribution in [0, 0.1) is 0 Å². The standard InChI is InChI=1S/C36H36N4O4/c1-24-22-40(25(2)21-39(24)23-26-9-5-4-6-10-26)33(29-11-8-14-32(41)20-29)27-15-17-28(18-16-27)34-37-35(44-38-34)30-12-7-13-31(19-30)36(42)43-3/h4-20,24-25,33,41H,21-23H2,1-3H3. The highest BCUT2D eigenvalue weighted by molar-refractivity contribution is 5.90. The summed E-state index contributed by atoms with van der Waals surface area (Å²) < 4.78 is 10.4. The van der Waals surface area contributed by atoms with Gasteiger partial charge in [-0.15, -0.1) is 0 Å². The Morgan fingerprint density at radius 2 is 1.66 bits per heavy atom. The van der Waals surface area contributed by atoms with Crippen LogP contribution in [-0.2, 0) is 11.3 Å². The quantitative estimate of drug-likeness (QED) is 0.203. The first kappa shape index (κ1) is 29.3. The molecule has 0 bridgehead atoms. The Balaban J connectivity index is 1.26. The first-order valence-electron chi connectivity index (χ1n) is 14.8. The molecule has 8 heteroatoms. The fourth-order valence-electron chi connectivity index (χ4n) is 6.06. The summed E-state index contributed by atoms with van der Waals surface area (Å²) in [6.45, 7) is 7.32. The average Bonchev–Trinajstić information content (AvgIpc) is 3.55. The van der Waals surface area contributed by atoms with E-state index in [1.807, 2.05) is 30.3 Å². The van der Waals surface area contributed by atoms with Gasteiger partial charge in [-0.05, 0) is 60.9 Å². The van der Waals surface area contributed by atoms with Crippen molar-refractivity contribution >= 4 is 5.97 Å². The number of phenols is 1. The van der Waals surface area contributed by atoms with Gasteiger partial charge in [-0.3, -0.25) is 9.80 Å². The van der Waals surface area contributed by atoms with Crippen molar-refractivity contribution < 1.29 is 19.2 Å². The van der Waals surface area contributed by atoms with Crippen LogP contribution < -0.4 is 0 Å². The van der Waals surface area contributed by atoms with Crippen molar-refractivity contribution in [3.05, 3.63) is 125 Å². The summed E-state index contributed by atoms with van der Waals surface area (Å²) in [5.74, 6) is 0.608. The number of aromatic nitrogens is 2. The van der Waals surface area contributed by atoms with Gasteiger partial charge in [0.1, 0.15) is 5.75 Å². The van der Waals surface area contributed by atoms with Crippen LogP contribution >= 0.6 is 0 Å². The Morgan fingerprint density at radius 3 is 2.41 bits per heavy atom. The lowest BCUT2D eigenvalue weighted by Gasteiger charge is -2.47. The molecule has 5 aromatic rings. The summed E-state index contributed by atoms with van der Waals surface area (Å²) in [6, 6.07) is 33.9. The monoisotopic (exact) mass is 588 g/mol. The van der Waals surface area contributed by atoms with E-state index in [-0.39, 0.29) is 17.8 Å². The summed E-state index contributed by atoms with van der Waals surface area (Å²) in [5, 5.41) is 14.6. The molecule has 8 nitrogen and oxygen atoms in total. The van der Waals surface area contributed by atoms with E-state index in [0.717, 1.165) is 36.3 Å². The Labute approximate surface area is 257 Å². The van der Waals surface area contributed by atoms with Crippen molar-refractivity contribution in [1.82, 2.24) is 19.9 Å². The normalized spacial score (nSPS) is 18.2. The number of nitrogens with zero attached hydrogens (tertiary/aromatic N) is 4. The van der Waals surface area contributed by atoms with E-state index in [0.29, 0.717) is 28.9 Å². The van der Waals surface area contributed by atoms with Crippen molar-refractivity contribution in [3.63, 3.8) is 0 Å². The van der Waals surface area contributed by atoms with E-state index in [4.69, 9.17) is 9.26 Å². The number of aromatic hydroxyl groups is 1. The van der Waals surface area contributed by atoms with Gasteiger partial charge in [0, 0.05) is 42.8 Å². The highest BCUT2D eigenvalue weighted by atomic mass is 16.5. The molecule has 0 aliphatic carbocycles. The predicted molar refractivity (Wildman–Crippen MR) is 169 cm³/mol. The van der Waals surface area contributed by atoms with Gasteiger partial charge in [0.25, 0.3) is 5.89 Å². The minimum absolute atomic E-state index is 0.0469. The number of esters is 1. The third-order valence-electron chi connectivity index (χ3n) is 8.35. The van der Waals surface area contributed by atoms with Crippen LogP contribution in [0.4, 0.5) is 0 Å². The lowest BCUT2D eigenvalue weighted by atomic mass is 9.92. The van der Waals surface area contributed by atoms with Crippen LogP contribution in [-0.4, -0.2) is 63.3 Å². The van der Waals surface area contributed by atoms with Gasteiger partial charge in [0.05, 0.1) is 18.7 Å². The third kappa shape index (κ3) is 6.27. The molecular weight excluding hydrogens is 552 g/mol. The summed E-state index contributed by atoms with van der Waals surface area (Å²) in [6.07, 6.45) is 0. The summed E-state index contributed by atoms with van der Waals surface area (Å²) in [7, 11) is 1.35. The molecule has 1 aliphatic heterocycles. The molecule has 0 amide bonds. The minimum atomic E-state index is -0.426. The van der Waals surface area contributed by atoms with Crippen LogP contribution in [0.5, 0.6) is 5.75 Å². The third-order valence-corrected chi connectivity index (χ3v) is 8.35. The molecule has 3 unspecified atom stereocenters. The Morgan fingerprint density at radius 1 is 0.886 bits per heavy atom. The van der Waals surface area contributed by atoms with Crippen molar-refractivity contribution in [2.45, 2.75) is 38.5 Å². The fourth-order valence-corrected chi connectivity index (χ4v) is 6.06. The van der Waals surface area contributed by atoms with Crippen LogP contribution in [0.3, 0.4) is 0 Å². The number of carbonyl (C=O) groups excluding carboxylic acids is 1. The van der Waals surface area contributed by atoms with Crippen molar-refractivity contribution in [2.75, 3.05) is 20.2 Å².